The molecule has 10 nitrogen and oxygen atoms in total. The van der Waals surface area contributed by atoms with Crippen LogP contribution in [0.15, 0.2) is 48.5 Å². The number of likely N-dealkylation sites (tertiary alicyclic amines) is 1. The Labute approximate surface area is 282 Å². The average molecular weight is 684 g/mol. The van der Waals surface area contributed by atoms with Crippen molar-refractivity contribution in [3.63, 3.8) is 0 Å². The molecule has 3 aromatic rings. The van der Waals surface area contributed by atoms with Gasteiger partial charge in [0.1, 0.15) is 19.0 Å². The van der Waals surface area contributed by atoms with Gasteiger partial charge >= 0.3 is 18.3 Å². The lowest BCUT2D eigenvalue weighted by molar-refractivity contribution is -0.137. The van der Waals surface area contributed by atoms with Gasteiger partial charge in [0.2, 0.25) is 0 Å². The fourth-order valence-electron chi connectivity index (χ4n) is 6.71. The summed E-state index contributed by atoms with van der Waals surface area (Å²) in [6.45, 7) is 2.88. The molecule has 0 bridgehead atoms. The highest BCUT2D eigenvalue weighted by atomic mass is 35.5. The normalized spacial score (nSPS) is 20.0. The largest absolute Gasteiger partial charge is 0.462 e. The highest BCUT2D eigenvalue weighted by Crippen LogP contribution is 2.43. The number of carbonyl (C=O) groups is 1. The number of alkyl halides is 3. The first kappa shape index (κ1) is 33.6. The van der Waals surface area contributed by atoms with E-state index in [4.69, 9.17) is 31.0 Å². The molecule has 3 aliphatic rings. The van der Waals surface area contributed by atoms with Crippen molar-refractivity contribution in [2.75, 3.05) is 56.2 Å². The first-order valence-corrected chi connectivity index (χ1v) is 16.4. The number of nitrogens with zero attached hydrogens (tertiary/aromatic N) is 7. The van der Waals surface area contributed by atoms with Crippen LogP contribution >= 0.6 is 11.6 Å². The van der Waals surface area contributed by atoms with Crippen molar-refractivity contribution in [1.82, 2.24) is 19.8 Å². The van der Waals surface area contributed by atoms with Gasteiger partial charge in [-0.1, -0.05) is 48.0 Å². The number of rotatable bonds is 8. The van der Waals surface area contributed by atoms with Crippen molar-refractivity contribution in [2.45, 2.75) is 57.1 Å². The lowest BCUT2D eigenvalue weighted by atomic mass is 10.0. The number of halogens is 4. The first-order valence-electron chi connectivity index (χ1n) is 16.0. The third-order valence-corrected chi connectivity index (χ3v) is 9.58. The van der Waals surface area contributed by atoms with Crippen molar-refractivity contribution in [2.24, 2.45) is 0 Å². The van der Waals surface area contributed by atoms with Gasteiger partial charge in [-0.05, 0) is 50.6 Å². The Morgan fingerprint density at radius 3 is 2.58 bits per heavy atom. The van der Waals surface area contributed by atoms with Crippen LogP contribution in [0.3, 0.4) is 0 Å². The summed E-state index contributed by atoms with van der Waals surface area (Å²) in [5, 5.41) is 9.30. The lowest BCUT2D eigenvalue weighted by Gasteiger charge is -2.42. The molecule has 14 heteroatoms. The molecular formula is C34H37ClF3N7O3. The lowest BCUT2D eigenvalue weighted by Crippen LogP contribution is -2.55. The number of fused-ring (bicyclic) bond motifs is 1. The molecule has 3 aliphatic heterocycles. The summed E-state index contributed by atoms with van der Waals surface area (Å²) < 4.78 is 54.1. The number of carbonyl (C=O) groups excluding carboxylic acids is 1. The molecule has 0 saturated carbocycles. The van der Waals surface area contributed by atoms with Crippen LogP contribution in [0.4, 0.5) is 29.5 Å². The number of nitriles is 1. The molecular weight excluding hydrogens is 647 g/mol. The number of aromatic nitrogens is 2. The van der Waals surface area contributed by atoms with E-state index in [1.807, 2.05) is 42.3 Å². The molecule has 48 heavy (non-hydrogen) atoms. The topological polar surface area (TPSA) is 98.1 Å². The van der Waals surface area contributed by atoms with E-state index in [1.54, 1.807) is 9.80 Å². The first-order chi connectivity index (χ1) is 23.1. The number of anilines is 2. The standard InChI is InChI=1S/C34H37ClF3N7O3/c1-42-15-6-9-25(42)22-47-32-40-28-20-43(29-11-5-10-27(35)30(29)34(36,37)38)16-13-26(28)31(41-32)44-17-18-45(24(19-44)12-14-39)33(46)48-21-23-7-3-2-4-8-23/h2-5,7-8,10-11,24-25H,6,9,12-13,15-22H2,1H3/t24-,25-/m0/s1. The van der Waals surface area contributed by atoms with E-state index in [-0.39, 0.29) is 48.9 Å². The number of piperazine rings is 1. The van der Waals surface area contributed by atoms with Gasteiger partial charge in [0.05, 0.1) is 47.0 Å². The van der Waals surface area contributed by atoms with Crippen LogP contribution in [0.2, 0.25) is 5.02 Å². The van der Waals surface area contributed by atoms with Gasteiger partial charge in [-0.15, -0.1) is 0 Å². The predicted octanol–water partition coefficient (Wildman–Crippen LogP) is 5.93. The Balaban J connectivity index is 1.27. The number of amides is 1. The summed E-state index contributed by atoms with van der Waals surface area (Å²) in [6, 6.07) is 15.6. The number of hydrogen-bond acceptors (Lipinski definition) is 9. The summed E-state index contributed by atoms with van der Waals surface area (Å²) in [5.41, 5.74) is 1.35. The van der Waals surface area contributed by atoms with E-state index in [2.05, 4.69) is 11.0 Å². The Hall–Kier alpha value is -4.28. The monoisotopic (exact) mass is 683 g/mol. The quantitative estimate of drug-likeness (QED) is 0.286. The van der Waals surface area contributed by atoms with E-state index in [9.17, 15) is 23.2 Å². The Morgan fingerprint density at radius 1 is 1.04 bits per heavy atom. The minimum absolute atomic E-state index is 0.00688. The van der Waals surface area contributed by atoms with Crippen LogP contribution < -0.4 is 14.5 Å². The second-order valence-electron chi connectivity index (χ2n) is 12.3. The molecule has 2 saturated heterocycles. The molecule has 0 radical (unpaired) electrons. The average Bonchev–Trinajstić information content (AvgIpc) is 3.49. The number of ether oxygens (including phenoxy) is 2. The van der Waals surface area contributed by atoms with Crippen molar-refractivity contribution in [1.29, 1.82) is 5.26 Å². The molecule has 1 amide bonds. The molecule has 4 heterocycles. The predicted molar refractivity (Wildman–Crippen MR) is 174 cm³/mol. The summed E-state index contributed by atoms with van der Waals surface area (Å²) in [5.74, 6) is 0.608. The van der Waals surface area contributed by atoms with E-state index in [0.29, 0.717) is 44.2 Å². The van der Waals surface area contributed by atoms with Crippen LogP contribution in [0.1, 0.15) is 41.6 Å². The Morgan fingerprint density at radius 2 is 1.85 bits per heavy atom. The second-order valence-corrected chi connectivity index (χ2v) is 12.7. The molecule has 0 unspecified atom stereocenters. The highest BCUT2D eigenvalue weighted by molar-refractivity contribution is 6.31. The number of likely N-dealkylation sites (N-methyl/N-ethyl adjacent to an activating group) is 1. The molecule has 2 atom stereocenters. The van der Waals surface area contributed by atoms with Gasteiger partial charge in [0.25, 0.3) is 0 Å². The van der Waals surface area contributed by atoms with Crippen molar-refractivity contribution < 1.29 is 27.4 Å². The van der Waals surface area contributed by atoms with Gasteiger partial charge in [-0.2, -0.15) is 28.4 Å². The molecule has 0 spiro atoms. The van der Waals surface area contributed by atoms with Crippen LogP contribution in [-0.2, 0) is 30.5 Å². The Bertz CT molecular complexity index is 1660. The van der Waals surface area contributed by atoms with Crippen molar-refractivity contribution in [3.05, 3.63) is 75.9 Å². The maximum absolute atomic E-state index is 14.1. The van der Waals surface area contributed by atoms with E-state index in [1.165, 1.54) is 18.2 Å². The second kappa shape index (κ2) is 14.5. The maximum atomic E-state index is 14.1. The summed E-state index contributed by atoms with van der Waals surface area (Å²) in [7, 11) is 2.04. The van der Waals surface area contributed by atoms with Crippen molar-refractivity contribution >= 4 is 29.2 Å². The fourth-order valence-corrected chi connectivity index (χ4v) is 6.98. The Kier molecular flexibility index (Phi) is 10.1. The molecule has 2 fully saturated rings. The summed E-state index contributed by atoms with van der Waals surface area (Å²) >= 11 is 6.06. The molecule has 6 rings (SSSR count). The molecule has 2 aromatic carbocycles. The SMILES string of the molecule is CN1CCC[C@H]1COc1nc2c(c(N3CCN(C(=O)OCc4ccccc4)[C@@H](CC#N)C3)n1)CCN(c1cccc(Cl)c1C(F)(F)F)C2. The third-order valence-electron chi connectivity index (χ3n) is 9.26. The number of benzene rings is 2. The molecule has 0 aliphatic carbocycles. The number of hydrogen-bond donors (Lipinski definition) is 0. The molecule has 0 N–H and O–H groups in total. The smallest absolute Gasteiger partial charge is 0.419 e. The van der Waals surface area contributed by atoms with Crippen molar-refractivity contribution in [3.8, 4) is 12.1 Å². The minimum atomic E-state index is -4.63. The van der Waals surface area contributed by atoms with Gasteiger partial charge in [-0.25, -0.2) is 4.79 Å². The molecule has 1 aromatic heterocycles. The van der Waals surface area contributed by atoms with E-state index < -0.39 is 23.9 Å². The van der Waals surface area contributed by atoms with Gasteiger partial charge in [0, 0.05) is 37.8 Å². The van der Waals surface area contributed by atoms with E-state index >= 15 is 0 Å². The van der Waals surface area contributed by atoms with Crippen LogP contribution in [0, 0.1) is 11.3 Å². The summed E-state index contributed by atoms with van der Waals surface area (Å²) in [4.78, 5) is 30.2. The zero-order valence-electron chi connectivity index (χ0n) is 26.6. The van der Waals surface area contributed by atoms with E-state index in [0.717, 1.165) is 30.5 Å². The zero-order valence-corrected chi connectivity index (χ0v) is 27.4. The fraction of sp³-hybridized carbons (Fsp3) is 0.471. The van der Waals surface area contributed by atoms with Crippen LogP contribution in [0.25, 0.3) is 0 Å². The van der Waals surface area contributed by atoms with Gasteiger partial charge in [-0.3, -0.25) is 0 Å². The van der Waals surface area contributed by atoms with Crippen LogP contribution in [-0.4, -0.2) is 84.3 Å². The zero-order chi connectivity index (χ0) is 33.8. The van der Waals surface area contributed by atoms with Gasteiger partial charge in [0.15, 0.2) is 0 Å². The van der Waals surface area contributed by atoms with Crippen LogP contribution in [0.5, 0.6) is 6.01 Å². The molecule has 254 valence electrons. The highest BCUT2D eigenvalue weighted by Gasteiger charge is 2.39. The summed E-state index contributed by atoms with van der Waals surface area (Å²) in [6.07, 6.45) is -2.62. The third kappa shape index (κ3) is 7.39. The van der Waals surface area contributed by atoms with Gasteiger partial charge < -0.3 is 29.1 Å². The maximum Gasteiger partial charge on any atom is 0.419 e. The minimum Gasteiger partial charge on any atom is -0.462 e.